The molecule has 47 heavy (non-hydrogen) atoms. The van der Waals surface area contributed by atoms with E-state index in [2.05, 4.69) is 10.6 Å². The van der Waals surface area contributed by atoms with E-state index in [9.17, 15) is 29.1 Å². The Morgan fingerprint density at radius 2 is 1.68 bits per heavy atom. The largest absolute Gasteiger partial charge is 0.433 e. The van der Waals surface area contributed by atoms with Crippen LogP contribution in [-0.2, 0) is 35.3 Å². The lowest BCUT2D eigenvalue weighted by Gasteiger charge is -2.26. The molecule has 0 aliphatic carbocycles. The van der Waals surface area contributed by atoms with Crippen LogP contribution in [0.2, 0.25) is 15.1 Å². The summed E-state index contributed by atoms with van der Waals surface area (Å²) in [7, 11) is 0. The van der Waals surface area contributed by atoms with Gasteiger partial charge in [0, 0.05) is 10.6 Å². The SMILES string of the molecule is Nc1c(Cl)cc(C(=O)N[C@H]2CN(C(=O)CO)c3cc(Cl)ccc3N(CC(=O)N[C@H]3CC(=O)OC3OCc3ccccc3)C2=O)cc1Cl. The highest BCUT2D eigenvalue weighted by Gasteiger charge is 2.40. The number of hydrogen-bond donors (Lipinski definition) is 4. The third-order valence-electron chi connectivity index (χ3n) is 7.40. The van der Waals surface area contributed by atoms with E-state index >= 15 is 0 Å². The molecule has 16 heteroatoms. The van der Waals surface area contributed by atoms with Crippen molar-refractivity contribution in [2.75, 3.05) is 35.2 Å². The van der Waals surface area contributed by atoms with Crippen LogP contribution >= 0.6 is 34.8 Å². The Hall–Kier alpha value is -4.40. The minimum Gasteiger partial charge on any atom is -0.433 e. The topological polar surface area (TPSA) is 181 Å². The molecule has 3 atom stereocenters. The molecule has 0 spiro atoms. The molecule has 0 radical (unpaired) electrons. The first-order valence-electron chi connectivity index (χ1n) is 14.2. The highest BCUT2D eigenvalue weighted by atomic mass is 35.5. The van der Waals surface area contributed by atoms with Crippen LogP contribution in [0.15, 0.2) is 60.7 Å². The number of amides is 4. The summed E-state index contributed by atoms with van der Waals surface area (Å²) in [4.78, 5) is 68.0. The molecule has 0 saturated carbocycles. The molecule has 3 aromatic rings. The number of fused-ring (bicyclic) bond motifs is 1. The standard InChI is InChI=1S/C31H28Cl3N5O8/c32-18-6-7-23-24(10-18)38(26(42)14-40)12-22(37-29(44)17-8-19(33)28(35)20(34)9-17)30(45)39(23)13-25(41)36-21-11-27(43)47-31(21)46-15-16-4-2-1-3-5-16/h1-10,21-22,31,40H,11-15,35H2,(H,36,41)(H,37,44)/t21-,22-,31?/m0/s1. The summed E-state index contributed by atoms with van der Waals surface area (Å²) in [5.74, 6) is -3.63. The Morgan fingerprint density at radius 3 is 2.36 bits per heavy atom. The van der Waals surface area contributed by atoms with Gasteiger partial charge in [0.25, 0.3) is 17.7 Å². The number of carbonyl (C=O) groups is 5. The van der Waals surface area contributed by atoms with Crippen molar-refractivity contribution in [3.8, 4) is 0 Å². The summed E-state index contributed by atoms with van der Waals surface area (Å²) in [5.41, 5.74) is 6.84. The number of carbonyl (C=O) groups excluding carboxylic acids is 5. The summed E-state index contributed by atoms with van der Waals surface area (Å²) >= 11 is 18.4. The van der Waals surface area contributed by atoms with Crippen LogP contribution in [0.3, 0.4) is 0 Å². The van der Waals surface area contributed by atoms with E-state index in [0.29, 0.717) is 0 Å². The van der Waals surface area contributed by atoms with Crippen molar-refractivity contribution in [1.29, 1.82) is 0 Å². The van der Waals surface area contributed by atoms with Gasteiger partial charge in [-0.1, -0.05) is 65.1 Å². The number of anilines is 3. The average molecular weight is 705 g/mol. The number of nitrogens with one attached hydrogen (secondary N) is 2. The van der Waals surface area contributed by atoms with Gasteiger partial charge in [-0.15, -0.1) is 0 Å². The van der Waals surface area contributed by atoms with Gasteiger partial charge in [0.05, 0.1) is 46.7 Å². The monoisotopic (exact) mass is 703 g/mol. The van der Waals surface area contributed by atoms with Gasteiger partial charge in [-0.3, -0.25) is 28.9 Å². The first-order valence-corrected chi connectivity index (χ1v) is 15.3. The lowest BCUT2D eigenvalue weighted by Crippen LogP contribution is -2.55. The van der Waals surface area contributed by atoms with Gasteiger partial charge >= 0.3 is 5.97 Å². The number of benzene rings is 3. The molecule has 13 nitrogen and oxygen atoms in total. The summed E-state index contributed by atoms with van der Waals surface area (Å²) in [6.45, 7) is -1.84. The van der Waals surface area contributed by atoms with Crippen molar-refractivity contribution < 1.29 is 38.6 Å². The Balaban J connectivity index is 1.41. The highest BCUT2D eigenvalue weighted by Crippen LogP contribution is 2.36. The van der Waals surface area contributed by atoms with Gasteiger partial charge in [-0.25, -0.2) is 0 Å². The summed E-state index contributed by atoms with van der Waals surface area (Å²) in [5, 5.41) is 15.2. The number of hydrogen-bond acceptors (Lipinski definition) is 9. The molecule has 1 unspecified atom stereocenters. The smallest absolute Gasteiger partial charge is 0.310 e. The Labute approximate surface area is 283 Å². The average Bonchev–Trinajstić information content (AvgIpc) is 3.36. The number of esters is 1. The van der Waals surface area contributed by atoms with Crippen LogP contribution in [0.25, 0.3) is 0 Å². The lowest BCUT2D eigenvalue weighted by molar-refractivity contribution is -0.168. The van der Waals surface area contributed by atoms with E-state index in [1.54, 1.807) is 0 Å². The highest BCUT2D eigenvalue weighted by molar-refractivity contribution is 6.39. The van der Waals surface area contributed by atoms with Crippen LogP contribution in [-0.4, -0.2) is 72.8 Å². The maximum Gasteiger partial charge on any atom is 0.310 e. The van der Waals surface area contributed by atoms with Crippen LogP contribution in [0.1, 0.15) is 22.3 Å². The van der Waals surface area contributed by atoms with Crippen molar-refractivity contribution in [3.63, 3.8) is 0 Å². The number of nitrogens with two attached hydrogens (primary N) is 1. The quantitative estimate of drug-likeness (QED) is 0.192. The molecule has 1 saturated heterocycles. The minimum absolute atomic E-state index is 0.00713. The Morgan fingerprint density at radius 1 is 0.979 bits per heavy atom. The predicted molar refractivity (Wildman–Crippen MR) is 173 cm³/mol. The molecule has 246 valence electrons. The third kappa shape index (κ3) is 7.77. The van der Waals surface area contributed by atoms with Gasteiger partial charge in [0.15, 0.2) is 0 Å². The van der Waals surface area contributed by atoms with Crippen molar-refractivity contribution in [2.24, 2.45) is 0 Å². The zero-order valence-corrected chi connectivity index (χ0v) is 26.7. The van der Waals surface area contributed by atoms with Crippen molar-refractivity contribution in [2.45, 2.75) is 31.4 Å². The Bertz CT molecular complexity index is 1700. The lowest BCUT2D eigenvalue weighted by atomic mass is 10.1. The zero-order chi connectivity index (χ0) is 33.8. The molecule has 3 aromatic carbocycles. The van der Waals surface area contributed by atoms with Crippen molar-refractivity contribution in [1.82, 2.24) is 10.6 Å². The molecule has 2 heterocycles. The molecule has 0 bridgehead atoms. The molecule has 1 fully saturated rings. The molecular weight excluding hydrogens is 677 g/mol. The Kier molecular flexibility index (Phi) is 10.5. The predicted octanol–water partition coefficient (Wildman–Crippen LogP) is 2.67. The number of cyclic esters (lactones) is 1. The fraction of sp³-hybridized carbons (Fsp3) is 0.258. The third-order valence-corrected chi connectivity index (χ3v) is 8.26. The second-order valence-electron chi connectivity index (χ2n) is 10.6. The van der Waals surface area contributed by atoms with Gasteiger partial charge < -0.3 is 35.8 Å². The van der Waals surface area contributed by atoms with Gasteiger partial charge in [-0.2, -0.15) is 0 Å². The summed E-state index contributed by atoms with van der Waals surface area (Å²) in [6.07, 6.45) is -1.25. The summed E-state index contributed by atoms with van der Waals surface area (Å²) in [6, 6.07) is 13.7. The van der Waals surface area contributed by atoms with E-state index in [-0.39, 0.29) is 50.7 Å². The maximum absolute atomic E-state index is 14.1. The first kappa shape index (κ1) is 33.9. The van der Waals surface area contributed by atoms with Gasteiger partial charge in [0.2, 0.25) is 12.2 Å². The minimum atomic E-state index is -1.43. The van der Waals surface area contributed by atoms with Crippen LogP contribution in [0, 0.1) is 0 Å². The van der Waals surface area contributed by atoms with Crippen LogP contribution in [0.4, 0.5) is 17.1 Å². The zero-order valence-electron chi connectivity index (χ0n) is 24.5. The number of ether oxygens (including phenoxy) is 2. The van der Waals surface area contributed by atoms with Crippen LogP contribution in [0.5, 0.6) is 0 Å². The van der Waals surface area contributed by atoms with E-state index in [4.69, 9.17) is 50.0 Å². The number of halogens is 3. The molecule has 0 aromatic heterocycles. The second-order valence-corrected chi connectivity index (χ2v) is 11.9. The molecule has 2 aliphatic heterocycles. The van der Waals surface area contributed by atoms with Gasteiger partial charge in [0.1, 0.15) is 25.2 Å². The normalized spacial score (nSPS) is 19.1. The number of nitrogens with zero attached hydrogens (tertiary/aromatic N) is 2. The molecule has 4 amide bonds. The molecule has 5 N–H and O–H groups in total. The fourth-order valence-corrected chi connectivity index (χ4v) is 5.76. The van der Waals surface area contributed by atoms with E-state index in [1.807, 2.05) is 30.3 Å². The van der Waals surface area contributed by atoms with E-state index in [1.165, 1.54) is 30.3 Å². The van der Waals surface area contributed by atoms with Gasteiger partial charge in [-0.05, 0) is 35.9 Å². The van der Waals surface area contributed by atoms with E-state index in [0.717, 1.165) is 15.4 Å². The fourth-order valence-electron chi connectivity index (χ4n) is 5.11. The van der Waals surface area contributed by atoms with Crippen molar-refractivity contribution in [3.05, 3.63) is 86.9 Å². The van der Waals surface area contributed by atoms with Crippen LogP contribution < -0.4 is 26.2 Å². The number of rotatable bonds is 9. The van der Waals surface area contributed by atoms with E-state index < -0.39 is 67.7 Å². The first-order chi connectivity index (χ1) is 22.4. The molecule has 5 rings (SSSR count). The second kappa shape index (κ2) is 14.6. The molecular formula is C31H28Cl3N5O8. The number of aliphatic hydroxyl groups is 1. The molecule has 2 aliphatic rings. The number of nitrogen functional groups attached to an aromatic ring is 1. The summed E-state index contributed by atoms with van der Waals surface area (Å²) < 4.78 is 11.0. The number of aliphatic hydroxyl groups excluding tert-OH is 1. The van der Waals surface area contributed by atoms with Crippen molar-refractivity contribution >= 4 is 81.5 Å². The maximum atomic E-state index is 14.1.